The van der Waals surface area contributed by atoms with E-state index in [-0.39, 0.29) is 0 Å². The molecule has 3 heteroatoms. The third-order valence-corrected chi connectivity index (χ3v) is 2.96. The molecule has 0 N–H and O–H groups in total. The molecule has 2 nitrogen and oxygen atoms in total. The van der Waals surface area contributed by atoms with E-state index >= 15 is 0 Å². The zero-order valence-corrected chi connectivity index (χ0v) is 9.00. The Morgan fingerprint density at radius 3 is 3.13 bits per heavy atom. The van der Waals surface area contributed by atoms with Gasteiger partial charge < -0.3 is 0 Å². The predicted octanol–water partition coefficient (Wildman–Crippen LogP) is 3.02. The lowest BCUT2D eigenvalue weighted by Gasteiger charge is -2.07. The predicted molar refractivity (Wildman–Crippen MR) is 66.7 cm³/mol. The van der Waals surface area contributed by atoms with Gasteiger partial charge in [-0.25, -0.2) is 4.99 Å². The standard InChI is InChI=1S/C12H10N2S/c1-10-11-5-2-3-6-12(11)15-8-4-7-13-9-14-10/h2-6,9H,1,8H2. The summed E-state index contributed by atoms with van der Waals surface area (Å²) < 4.78 is 0. The van der Waals surface area contributed by atoms with Crippen LogP contribution in [0.4, 0.5) is 0 Å². The van der Waals surface area contributed by atoms with Crippen LogP contribution in [-0.4, -0.2) is 18.0 Å². The van der Waals surface area contributed by atoms with E-state index in [4.69, 9.17) is 0 Å². The molecular formula is C12H10N2S. The number of thioether (sulfide) groups is 1. The average Bonchev–Trinajstić information content (AvgIpc) is 2.28. The Morgan fingerprint density at radius 2 is 2.20 bits per heavy atom. The number of benzene rings is 1. The van der Waals surface area contributed by atoms with Crippen LogP contribution in [0.2, 0.25) is 0 Å². The maximum atomic E-state index is 4.14. The molecular weight excluding hydrogens is 204 g/mol. The van der Waals surface area contributed by atoms with E-state index in [0.717, 1.165) is 17.0 Å². The van der Waals surface area contributed by atoms with Crippen LogP contribution in [0.15, 0.2) is 51.8 Å². The van der Waals surface area contributed by atoms with Gasteiger partial charge in [-0.15, -0.1) is 11.8 Å². The largest absolute Gasteiger partial charge is 0.236 e. The second-order valence-corrected chi connectivity index (χ2v) is 4.02. The van der Waals surface area contributed by atoms with E-state index in [0.29, 0.717) is 0 Å². The van der Waals surface area contributed by atoms with Crippen molar-refractivity contribution in [3.8, 4) is 0 Å². The molecule has 0 aliphatic carbocycles. The van der Waals surface area contributed by atoms with Gasteiger partial charge in [0.15, 0.2) is 0 Å². The highest BCUT2D eigenvalue weighted by Gasteiger charge is 2.04. The highest BCUT2D eigenvalue weighted by atomic mass is 32.2. The van der Waals surface area contributed by atoms with Crippen LogP contribution in [0.1, 0.15) is 5.56 Å². The van der Waals surface area contributed by atoms with Gasteiger partial charge in [-0.1, -0.05) is 24.8 Å². The summed E-state index contributed by atoms with van der Waals surface area (Å²) in [7, 11) is 0. The van der Waals surface area contributed by atoms with E-state index in [9.17, 15) is 0 Å². The van der Waals surface area contributed by atoms with Crippen molar-refractivity contribution in [1.29, 1.82) is 0 Å². The second-order valence-electron chi connectivity index (χ2n) is 2.96. The smallest absolute Gasteiger partial charge is 0.125 e. The Balaban J connectivity index is 2.44. The van der Waals surface area contributed by atoms with Crippen molar-refractivity contribution >= 4 is 29.7 Å². The lowest BCUT2D eigenvalue weighted by molar-refractivity contribution is 1.36. The lowest BCUT2D eigenvalue weighted by atomic mass is 10.2. The first kappa shape index (κ1) is 9.97. The summed E-state index contributed by atoms with van der Waals surface area (Å²) in [6.07, 6.45) is 3.37. The Kier molecular flexibility index (Phi) is 3.18. The van der Waals surface area contributed by atoms with Crippen molar-refractivity contribution in [2.45, 2.75) is 4.90 Å². The molecule has 0 saturated carbocycles. The van der Waals surface area contributed by atoms with Crippen LogP contribution in [0, 0.1) is 0 Å². The van der Waals surface area contributed by atoms with Crippen LogP contribution in [0.5, 0.6) is 0 Å². The molecule has 1 aromatic rings. The molecule has 0 fully saturated rings. The Hall–Kier alpha value is -1.57. The molecule has 74 valence electrons. The fourth-order valence-electron chi connectivity index (χ4n) is 1.25. The van der Waals surface area contributed by atoms with Gasteiger partial charge in [0.05, 0.1) is 5.70 Å². The molecule has 0 aromatic heterocycles. The average molecular weight is 214 g/mol. The van der Waals surface area contributed by atoms with Crippen molar-refractivity contribution in [1.82, 2.24) is 0 Å². The first-order valence-electron chi connectivity index (χ1n) is 4.58. The first-order valence-corrected chi connectivity index (χ1v) is 5.57. The van der Waals surface area contributed by atoms with Crippen molar-refractivity contribution < 1.29 is 0 Å². The van der Waals surface area contributed by atoms with Crippen LogP contribution in [0.3, 0.4) is 0 Å². The normalized spacial score (nSPS) is 15.1. The summed E-state index contributed by atoms with van der Waals surface area (Å²) in [5, 5.41) is 0. The topological polar surface area (TPSA) is 24.7 Å². The van der Waals surface area contributed by atoms with Gasteiger partial charge in [0, 0.05) is 16.2 Å². The van der Waals surface area contributed by atoms with E-state index < -0.39 is 0 Å². The molecule has 0 saturated heterocycles. The molecule has 2 rings (SSSR count). The van der Waals surface area contributed by atoms with Gasteiger partial charge in [0.25, 0.3) is 0 Å². The lowest BCUT2D eigenvalue weighted by Crippen LogP contribution is -1.87. The molecule has 0 unspecified atom stereocenters. The molecule has 1 aliphatic heterocycles. The summed E-state index contributed by atoms with van der Waals surface area (Å²) in [5.41, 5.74) is 1.81. The van der Waals surface area contributed by atoms with E-state index in [1.807, 2.05) is 24.3 Å². The van der Waals surface area contributed by atoms with Crippen LogP contribution in [0.25, 0.3) is 5.70 Å². The summed E-state index contributed by atoms with van der Waals surface area (Å²) in [6.45, 7) is 3.92. The molecule has 0 bridgehead atoms. The molecule has 0 spiro atoms. The Labute approximate surface area is 93.1 Å². The SMILES string of the molecule is C=C1N=CN=C=CCSc2ccccc21. The van der Waals surface area contributed by atoms with Gasteiger partial charge >= 0.3 is 0 Å². The number of fused-ring (bicyclic) bond motifs is 1. The zero-order chi connectivity index (χ0) is 10.5. The monoisotopic (exact) mass is 214 g/mol. The Bertz CT molecular complexity index is 468. The molecule has 0 amide bonds. The maximum absolute atomic E-state index is 4.14. The third-order valence-electron chi connectivity index (χ3n) is 1.96. The van der Waals surface area contributed by atoms with E-state index in [2.05, 4.69) is 28.5 Å². The maximum Gasteiger partial charge on any atom is 0.125 e. The minimum absolute atomic E-state index is 0.741. The quantitative estimate of drug-likeness (QED) is 0.651. The molecule has 1 aromatic carbocycles. The molecule has 1 heterocycles. The molecule has 0 radical (unpaired) electrons. The van der Waals surface area contributed by atoms with Gasteiger partial charge in [0.2, 0.25) is 0 Å². The van der Waals surface area contributed by atoms with Gasteiger partial charge in [0.1, 0.15) is 6.34 Å². The fraction of sp³-hybridized carbons (Fsp3) is 0.0833. The van der Waals surface area contributed by atoms with Crippen LogP contribution in [-0.2, 0) is 0 Å². The zero-order valence-electron chi connectivity index (χ0n) is 8.18. The number of hydrogen-bond donors (Lipinski definition) is 0. The number of rotatable bonds is 0. The fourth-order valence-corrected chi connectivity index (χ4v) is 2.11. The minimum atomic E-state index is 0.741. The summed E-state index contributed by atoms with van der Waals surface area (Å²) in [4.78, 5) is 9.22. The van der Waals surface area contributed by atoms with Crippen molar-refractivity contribution in [2.75, 3.05) is 5.75 Å². The van der Waals surface area contributed by atoms with Crippen LogP contribution < -0.4 is 0 Å². The Morgan fingerprint density at radius 1 is 1.33 bits per heavy atom. The van der Waals surface area contributed by atoms with Gasteiger partial charge in [-0.2, -0.15) is 4.99 Å². The van der Waals surface area contributed by atoms with E-state index in [1.54, 1.807) is 11.8 Å². The number of nitrogens with zero attached hydrogens (tertiary/aromatic N) is 2. The van der Waals surface area contributed by atoms with Gasteiger partial charge in [-0.3, -0.25) is 0 Å². The number of aliphatic imine (C=N–C) groups is 2. The van der Waals surface area contributed by atoms with Gasteiger partial charge in [-0.05, 0) is 18.0 Å². The molecule has 0 atom stereocenters. The highest BCUT2D eigenvalue weighted by Crippen LogP contribution is 2.27. The number of hydrogen-bond acceptors (Lipinski definition) is 3. The molecule has 15 heavy (non-hydrogen) atoms. The van der Waals surface area contributed by atoms with E-state index in [1.165, 1.54) is 11.2 Å². The first-order chi connectivity index (χ1) is 7.38. The van der Waals surface area contributed by atoms with Crippen molar-refractivity contribution in [3.05, 3.63) is 42.5 Å². The summed E-state index contributed by atoms with van der Waals surface area (Å²) in [5.74, 6) is 3.66. The van der Waals surface area contributed by atoms with Crippen molar-refractivity contribution in [2.24, 2.45) is 9.98 Å². The molecule has 1 aliphatic rings. The minimum Gasteiger partial charge on any atom is -0.236 e. The second kappa shape index (κ2) is 4.78. The highest BCUT2D eigenvalue weighted by molar-refractivity contribution is 7.99. The third kappa shape index (κ3) is 2.46. The summed E-state index contributed by atoms with van der Waals surface area (Å²) >= 11 is 1.74. The summed E-state index contributed by atoms with van der Waals surface area (Å²) in [6, 6.07) is 8.11. The van der Waals surface area contributed by atoms with Crippen molar-refractivity contribution in [3.63, 3.8) is 0 Å². The van der Waals surface area contributed by atoms with Crippen LogP contribution >= 0.6 is 11.8 Å².